The zero-order valence-corrected chi connectivity index (χ0v) is 6.64. The first-order valence-corrected chi connectivity index (χ1v) is 4.31. The zero-order valence-electron chi connectivity index (χ0n) is 6.64. The molecule has 0 bridgehead atoms. The topological polar surface area (TPSA) is 15.3 Å². The van der Waals surface area contributed by atoms with Gasteiger partial charge in [0.1, 0.15) is 0 Å². The molecule has 2 aliphatic rings. The molecular weight excluding hydrogens is 124 g/mol. The van der Waals surface area contributed by atoms with Crippen molar-refractivity contribution in [3.8, 4) is 0 Å². The van der Waals surface area contributed by atoms with Gasteiger partial charge in [-0.2, -0.15) is 0 Å². The van der Waals surface area contributed by atoms with Crippen LogP contribution in [0.4, 0.5) is 0 Å². The zero-order chi connectivity index (χ0) is 6.97. The van der Waals surface area contributed by atoms with Crippen LogP contribution in [0, 0.1) is 0 Å². The van der Waals surface area contributed by atoms with Crippen molar-refractivity contribution in [1.29, 1.82) is 0 Å². The summed E-state index contributed by atoms with van der Waals surface area (Å²) in [6.07, 6.45) is 4.26. The van der Waals surface area contributed by atoms with E-state index in [-0.39, 0.29) is 0 Å². The van der Waals surface area contributed by atoms with E-state index < -0.39 is 0 Å². The molecule has 1 N–H and O–H groups in total. The van der Waals surface area contributed by atoms with Gasteiger partial charge >= 0.3 is 0 Å². The second-order valence-corrected chi connectivity index (χ2v) is 3.50. The summed E-state index contributed by atoms with van der Waals surface area (Å²) in [6, 6.07) is 1.75. The van der Waals surface area contributed by atoms with E-state index in [1.165, 1.54) is 32.4 Å². The molecule has 2 fully saturated rings. The average Bonchev–Trinajstić information content (AvgIpc) is 2.70. The quantitative estimate of drug-likeness (QED) is 0.599. The Morgan fingerprint density at radius 2 is 2.10 bits per heavy atom. The standard InChI is InChI=1S/C8H16N2/c1-9-7-4-5-10(6-7)8-2-3-8/h7-9H,2-6H2,1H3/t7-/m1/s1. The fraction of sp³-hybridized carbons (Fsp3) is 1.00. The van der Waals surface area contributed by atoms with Crippen LogP contribution in [0.2, 0.25) is 0 Å². The SMILES string of the molecule is CN[C@@H]1CCN(C2CC2)C1. The third kappa shape index (κ3) is 1.18. The van der Waals surface area contributed by atoms with Crippen LogP contribution in [0.1, 0.15) is 19.3 Å². The second-order valence-electron chi connectivity index (χ2n) is 3.50. The number of rotatable bonds is 2. The molecule has 0 aromatic rings. The average molecular weight is 140 g/mol. The normalized spacial score (nSPS) is 35.1. The molecule has 58 valence electrons. The lowest BCUT2D eigenvalue weighted by atomic mass is 10.3. The van der Waals surface area contributed by atoms with Gasteiger partial charge in [-0.15, -0.1) is 0 Å². The van der Waals surface area contributed by atoms with Crippen LogP contribution in [0.5, 0.6) is 0 Å². The summed E-state index contributed by atoms with van der Waals surface area (Å²) in [7, 11) is 2.07. The van der Waals surface area contributed by atoms with Gasteiger partial charge in [0.25, 0.3) is 0 Å². The summed E-state index contributed by atoms with van der Waals surface area (Å²) >= 11 is 0. The number of hydrogen-bond acceptors (Lipinski definition) is 2. The lowest BCUT2D eigenvalue weighted by molar-refractivity contribution is 0.320. The van der Waals surface area contributed by atoms with Crippen molar-refractivity contribution in [1.82, 2.24) is 10.2 Å². The molecule has 0 aromatic carbocycles. The van der Waals surface area contributed by atoms with Gasteiger partial charge in [0.2, 0.25) is 0 Å². The van der Waals surface area contributed by atoms with E-state index in [0.717, 1.165) is 12.1 Å². The Morgan fingerprint density at radius 1 is 1.30 bits per heavy atom. The first-order chi connectivity index (χ1) is 4.90. The molecule has 1 saturated carbocycles. The molecule has 2 heteroatoms. The van der Waals surface area contributed by atoms with Gasteiger partial charge in [0, 0.05) is 25.2 Å². The highest BCUT2D eigenvalue weighted by atomic mass is 15.2. The van der Waals surface area contributed by atoms with E-state index in [2.05, 4.69) is 17.3 Å². The van der Waals surface area contributed by atoms with Crippen molar-refractivity contribution >= 4 is 0 Å². The molecule has 2 nitrogen and oxygen atoms in total. The molecule has 0 aromatic heterocycles. The molecule has 0 unspecified atom stereocenters. The van der Waals surface area contributed by atoms with Gasteiger partial charge in [-0.05, 0) is 26.3 Å². The van der Waals surface area contributed by atoms with Gasteiger partial charge in [0.05, 0.1) is 0 Å². The van der Waals surface area contributed by atoms with Crippen LogP contribution in [0.25, 0.3) is 0 Å². The van der Waals surface area contributed by atoms with Crippen molar-refractivity contribution in [2.75, 3.05) is 20.1 Å². The van der Waals surface area contributed by atoms with E-state index in [1.54, 1.807) is 0 Å². The molecule has 0 amide bonds. The van der Waals surface area contributed by atoms with E-state index >= 15 is 0 Å². The molecule has 10 heavy (non-hydrogen) atoms. The second kappa shape index (κ2) is 2.51. The van der Waals surface area contributed by atoms with Crippen LogP contribution in [-0.4, -0.2) is 37.1 Å². The highest BCUT2D eigenvalue weighted by molar-refractivity contribution is 4.91. The van der Waals surface area contributed by atoms with Crippen LogP contribution in [0.3, 0.4) is 0 Å². The lowest BCUT2D eigenvalue weighted by Crippen LogP contribution is -2.30. The molecule has 1 aliphatic heterocycles. The maximum Gasteiger partial charge on any atom is 0.0204 e. The Hall–Kier alpha value is -0.0800. The Kier molecular flexibility index (Phi) is 1.66. The first kappa shape index (κ1) is 6.62. The van der Waals surface area contributed by atoms with Crippen LogP contribution >= 0.6 is 0 Å². The summed E-state index contributed by atoms with van der Waals surface area (Å²) in [5.41, 5.74) is 0. The molecule has 1 saturated heterocycles. The maximum absolute atomic E-state index is 3.33. The minimum Gasteiger partial charge on any atom is -0.316 e. The van der Waals surface area contributed by atoms with Crippen molar-refractivity contribution in [3.63, 3.8) is 0 Å². The minimum absolute atomic E-state index is 0.778. The Balaban J connectivity index is 1.81. The van der Waals surface area contributed by atoms with E-state index in [9.17, 15) is 0 Å². The van der Waals surface area contributed by atoms with Crippen LogP contribution in [-0.2, 0) is 0 Å². The summed E-state index contributed by atoms with van der Waals surface area (Å²) in [5.74, 6) is 0. The van der Waals surface area contributed by atoms with E-state index in [4.69, 9.17) is 0 Å². The van der Waals surface area contributed by atoms with Gasteiger partial charge in [-0.1, -0.05) is 0 Å². The molecule has 0 radical (unpaired) electrons. The minimum atomic E-state index is 0.778. The highest BCUT2D eigenvalue weighted by Crippen LogP contribution is 2.29. The fourth-order valence-corrected chi connectivity index (χ4v) is 1.79. The smallest absolute Gasteiger partial charge is 0.0204 e. The highest BCUT2D eigenvalue weighted by Gasteiger charge is 2.33. The Labute approximate surface area is 62.6 Å². The number of nitrogens with one attached hydrogen (secondary N) is 1. The van der Waals surface area contributed by atoms with Gasteiger partial charge < -0.3 is 5.32 Å². The molecule has 2 rings (SSSR count). The summed E-state index contributed by atoms with van der Waals surface area (Å²) in [6.45, 7) is 2.62. The van der Waals surface area contributed by atoms with Crippen LogP contribution in [0.15, 0.2) is 0 Å². The first-order valence-electron chi connectivity index (χ1n) is 4.31. The largest absolute Gasteiger partial charge is 0.316 e. The molecule has 0 spiro atoms. The van der Waals surface area contributed by atoms with E-state index in [1.807, 2.05) is 0 Å². The molecule has 1 atom stereocenters. The fourth-order valence-electron chi connectivity index (χ4n) is 1.79. The van der Waals surface area contributed by atoms with Gasteiger partial charge in [-0.3, -0.25) is 4.90 Å². The summed E-state index contributed by atoms with van der Waals surface area (Å²) in [4.78, 5) is 2.63. The monoisotopic (exact) mass is 140 g/mol. The lowest BCUT2D eigenvalue weighted by Gasteiger charge is -2.13. The van der Waals surface area contributed by atoms with Crippen molar-refractivity contribution < 1.29 is 0 Å². The Morgan fingerprint density at radius 3 is 2.60 bits per heavy atom. The Bertz CT molecular complexity index is 120. The van der Waals surface area contributed by atoms with Crippen molar-refractivity contribution in [2.24, 2.45) is 0 Å². The van der Waals surface area contributed by atoms with Gasteiger partial charge in [0.15, 0.2) is 0 Å². The third-order valence-corrected chi connectivity index (χ3v) is 2.69. The van der Waals surface area contributed by atoms with Gasteiger partial charge in [-0.25, -0.2) is 0 Å². The maximum atomic E-state index is 3.33. The predicted octanol–water partition coefficient (Wildman–Crippen LogP) is 0.442. The number of likely N-dealkylation sites (tertiary alicyclic amines) is 1. The number of hydrogen-bond donors (Lipinski definition) is 1. The number of likely N-dealkylation sites (N-methyl/N-ethyl adjacent to an activating group) is 1. The predicted molar refractivity (Wildman–Crippen MR) is 42.1 cm³/mol. The van der Waals surface area contributed by atoms with E-state index in [0.29, 0.717) is 0 Å². The summed E-state index contributed by atoms with van der Waals surface area (Å²) < 4.78 is 0. The van der Waals surface area contributed by atoms with Crippen molar-refractivity contribution in [2.45, 2.75) is 31.3 Å². The molecule has 1 aliphatic carbocycles. The molecular formula is C8H16N2. The van der Waals surface area contributed by atoms with Crippen LogP contribution < -0.4 is 5.32 Å². The number of nitrogens with zero attached hydrogens (tertiary/aromatic N) is 1. The van der Waals surface area contributed by atoms with Crippen molar-refractivity contribution in [3.05, 3.63) is 0 Å². The summed E-state index contributed by atoms with van der Waals surface area (Å²) in [5, 5.41) is 3.33. The third-order valence-electron chi connectivity index (χ3n) is 2.69. The molecule has 1 heterocycles.